The summed E-state index contributed by atoms with van der Waals surface area (Å²) in [5.74, 6) is 0. The number of likely N-dealkylation sites (N-methyl/N-ethyl adjacent to an activating group) is 1. The van der Waals surface area contributed by atoms with Crippen LogP contribution >= 0.6 is 0 Å². The second-order valence-corrected chi connectivity index (χ2v) is 5.69. The van der Waals surface area contributed by atoms with Gasteiger partial charge in [0.05, 0.1) is 6.54 Å². The van der Waals surface area contributed by atoms with Gasteiger partial charge in [-0.05, 0) is 19.7 Å². The molecule has 2 aromatic carbocycles. The first-order valence-electron chi connectivity index (χ1n) is 7.57. The first kappa shape index (κ1) is 14.5. The van der Waals surface area contributed by atoms with Gasteiger partial charge in [-0.3, -0.25) is 4.68 Å². The number of hydrogen-bond acceptors (Lipinski definition) is 2. The average molecular weight is 291 g/mol. The van der Waals surface area contributed by atoms with Crippen molar-refractivity contribution in [3.05, 3.63) is 66.9 Å². The maximum atomic E-state index is 4.82. The summed E-state index contributed by atoms with van der Waals surface area (Å²) in [5, 5.41) is 4.82. The summed E-state index contributed by atoms with van der Waals surface area (Å²) in [7, 11) is 4.17. The van der Waals surface area contributed by atoms with E-state index < -0.39 is 0 Å². The molecule has 3 nitrogen and oxygen atoms in total. The van der Waals surface area contributed by atoms with Crippen molar-refractivity contribution in [2.75, 3.05) is 20.6 Å². The van der Waals surface area contributed by atoms with Crippen LogP contribution in [0.5, 0.6) is 0 Å². The van der Waals surface area contributed by atoms with Crippen molar-refractivity contribution >= 4 is 0 Å². The van der Waals surface area contributed by atoms with Crippen LogP contribution in [0.3, 0.4) is 0 Å². The molecule has 0 spiro atoms. The molecule has 0 saturated heterocycles. The fourth-order valence-corrected chi connectivity index (χ4v) is 2.48. The molecule has 3 rings (SSSR count). The molecule has 0 radical (unpaired) electrons. The molecule has 0 unspecified atom stereocenters. The highest BCUT2D eigenvalue weighted by Gasteiger charge is 2.12. The van der Waals surface area contributed by atoms with Gasteiger partial charge in [0.1, 0.15) is 5.69 Å². The van der Waals surface area contributed by atoms with Gasteiger partial charge in [-0.15, -0.1) is 0 Å². The normalized spacial score (nSPS) is 11.0. The van der Waals surface area contributed by atoms with Crippen molar-refractivity contribution in [1.29, 1.82) is 0 Å². The molecule has 0 aliphatic heterocycles. The van der Waals surface area contributed by atoms with E-state index in [2.05, 4.69) is 73.7 Å². The molecule has 0 fully saturated rings. The maximum absolute atomic E-state index is 4.82. The molecule has 3 aromatic rings. The van der Waals surface area contributed by atoms with Crippen LogP contribution in [0.4, 0.5) is 0 Å². The molecule has 0 amide bonds. The van der Waals surface area contributed by atoms with Crippen LogP contribution in [-0.4, -0.2) is 35.3 Å². The lowest BCUT2D eigenvalue weighted by Crippen LogP contribution is -2.18. The van der Waals surface area contributed by atoms with E-state index in [9.17, 15) is 0 Å². The van der Waals surface area contributed by atoms with Crippen LogP contribution in [-0.2, 0) is 6.54 Å². The van der Waals surface area contributed by atoms with Crippen molar-refractivity contribution < 1.29 is 0 Å². The Morgan fingerprint density at radius 2 is 1.45 bits per heavy atom. The largest absolute Gasteiger partial charge is 0.308 e. The Hall–Kier alpha value is -2.39. The topological polar surface area (TPSA) is 21.1 Å². The fraction of sp³-hybridized carbons (Fsp3) is 0.211. The minimum atomic E-state index is 0.889. The van der Waals surface area contributed by atoms with Crippen LogP contribution in [0, 0.1) is 0 Å². The molecule has 112 valence electrons. The number of rotatable bonds is 5. The molecule has 0 N–H and O–H groups in total. The molecule has 1 heterocycles. The minimum absolute atomic E-state index is 0.889. The predicted molar refractivity (Wildman–Crippen MR) is 91.7 cm³/mol. The summed E-state index contributed by atoms with van der Waals surface area (Å²) in [6, 6.07) is 20.8. The van der Waals surface area contributed by atoms with E-state index >= 15 is 0 Å². The van der Waals surface area contributed by atoms with E-state index in [1.807, 2.05) is 16.8 Å². The van der Waals surface area contributed by atoms with Crippen molar-refractivity contribution in [3.63, 3.8) is 0 Å². The number of nitrogens with zero attached hydrogens (tertiary/aromatic N) is 3. The summed E-state index contributed by atoms with van der Waals surface area (Å²) in [4.78, 5) is 2.17. The standard InChI is InChI=1S/C19H21N3/c1-21(2)13-14-22-15-18(16-9-5-3-6-10-16)19(20-22)17-11-7-4-8-12-17/h3-12,15H,13-14H2,1-2H3. The van der Waals surface area contributed by atoms with Gasteiger partial charge in [0, 0.05) is 23.9 Å². The van der Waals surface area contributed by atoms with Crippen LogP contribution < -0.4 is 0 Å². The Balaban J connectivity index is 2.03. The molecule has 0 bridgehead atoms. The van der Waals surface area contributed by atoms with Crippen molar-refractivity contribution in [2.45, 2.75) is 6.54 Å². The monoisotopic (exact) mass is 291 g/mol. The highest BCUT2D eigenvalue weighted by molar-refractivity contribution is 5.80. The quantitative estimate of drug-likeness (QED) is 0.713. The Bertz CT molecular complexity index is 658. The lowest BCUT2D eigenvalue weighted by atomic mass is 10.0. The first-order chi connectivity index (χ1) is 10.7. The molecule has 0 atom stereocenters. The molecule has 0 saturated carbocycles. The zero-order chi connectivity index (χ0) is 15.4. The van der Waals surface area contributed by atoms with Crippen LogP contribution in [0.2, 0.25) is 0 Å². The van der Waals surface area contributed by atoms with E-state index in [4.69, 9.17) is 5.10 Å². The van der Waals surface area contributed by atoms with E-state index in [1.165, 1.54) is 11.1 Å². The van der Waals surface area contributed by atoms with Crippen LogP contribution in [0.1, 0.15) is 0 Å². The van der Waals surface area contributed by atoms with Gasteiger partial charge in [0.25, 0.3) is 0 Å². The fourth-order valence-electron chi connectivity index (χ4n) is 2.48. The van der Waals surface area contributed by atoms with E-state index in [0.717, 1.165) is 24.3 Å². The maximum Gasteiger partial charge on any atom is 0.100 e. The summed E-state index contributed by atoms with van der Waals surface area (Å²) < 4.78 is 2.05. The molecule has 0 aliphatic carbocycles. The molecule has 1 aromatic heterocycles. The van der Waals surface area contributed by atoms with Gasteiger partial charge in [0.15, 0.2) is 0 Å². The second-order valence-electron chi connectivity index (χ2n) is 5.69. The minimum Gasteiger partial charge on any atom is -0.308 e. The lowest BCUT2D eigenvalue weighted by molar-refractivity contribution is 0.373. The Morgan fingerprint density at radius 1 is 0.864 bits per heavy atom. The third-order valence-corrected chi connectivity index (χ3v) is 3.67. The van der Waals surface area contributed by atoms with Crippen molar-refractivity contribution in [2.24, 2.45) is 0 Å². The Labute approximate surface area is 131 Å². The van der Waals surface area contributed by atoms with E-state index in [-0.39, 0.29) is 0 Å². The van der Waals surface area contributed by atoms with Crippen LogP contribution in [0.15, 0.2) is 66.9 Å². The third kappa shape index (κ3) is 3.26. The molecular formula is C19H21N3. The molecule has 3 heteroatoms. The van der Waals surface area contributed by atoms with E-state index in [0.29, 0.717) is 0 Å². The number of hydrogen-bond donors (Lipinski definition) is 0. The van der Waals surface area contributed by atoms with E-state index in [1.54, 1.807) is 0 Å². The highest BCUT2D eigenvalue weighted by atomic mass is 15.3. The zero-order valence-corrected chi connectivity index (χ0v) is 13.1. The SMILES string of the molecule is CN(C)CCn1cc(-c2ccccc2)c(-c2ccccc2)n1. The molecule has 0 aliphatic rings. The number of aromatic nitrogens is 2. The second kappa shape index (κ2) is 6.58. The van der Waals surface area contributed by atoms with Gasteiger partial charge >= 0.3 is 0 Å². The highest BCUT2D eigenvalue weighted by Crippen LogP contribution is 2.30. The van der Waals surface area contributed by atoms with Gasteiger partial charge in [-0.25, -0.2) is 0 Å². The summed E-state index contributed by atoms with van der Waals surface area (Å²) in [6.07, 6.45) is 2.15. The van der Waals surface area contributed by atoms with Gasteiger partial charge in [-0.2, -0.15) is 5.10 Å². The number of benzene rings is 2. The predicted octanol–water partition coefficient (Wildman–Crippen LogP) is 3.78. The Morgan fingerprint density at radius 3 is 2.05 bits per heavy atom. The first-order valence-corrected chi connectivity index (χ1v) is 7.57. The Kier molecular flexibility index (Phi) is 4.35. The summed E-state index contributed by atoms with van der Waals surface area (Å²) in [5.41, 5.74) is 4.60. The zero-order valence-electron chi connectivity index (χ0n) is 13.1. The summed E-state index contributed by atoms with van der Waals surface area (Å²) in [6.45, 7) is 1.86. The smallest absolute Gasteiger partial charge is 0.100 e. The van der Waals surface area contributed by atoms with Crippen LogP contribution in [0.25, 0.3) is 22.4 Å². The van der Waals surface area contributed by atoms with Gasteiger partial charge in [0.2, 0.25) is 0 Å². The average Bonchev–Trinajstić information content (AvgIpc) is 2.99. The third-order valence-electron chi connectivity index (χ3n) is 3.67. The molecular weight excluding hydrogens is 270 g/mol. The molecule has 22 heavy (non-hydrogen) atoms. The van der Waals surface area contributed by atoms with Gasteiger partial charge in [-0.1, -0.05) is 60.7 Å². The van der Waals surface area contributed by atoms with Crippen molar-refractivity contribution in [1.82, 2.24) is 14.7 Å². The summed E-state index contributed by atoms with van der Waals surface area (Å²) >= 11 is 0. The lowest BCUT2D eigenvalue weighted by Gasteiger charge is -2.08. The van der Waals surface area contributed by atoms with Gasteiger partial charge < -0.3 is 4.90 Å². The van der Waals surface area contributed by atoms with Crippen molar-refractivity contribution in [3.8, 4) is 22.4 Å².